The molecule has 6 aromatic rings. The second-order valence-electron chi connectivity index (χ2n) is 13.4. The second-order valence-corrected chi connectivity index (χ2v) is 13.4. The maximum atomic E-state index is 2.36. The minimum atomic E-state index is 1.08. The van der Waals surface area contributed by atoms with Crippen molar-refractivity contribution in [3.63, 3.8) is 0 Å². The number of nitrogens with zero attached hydrogens (tertiary/aromatic N) is 2. The minimum Gasteiger partial charge on any atom is -0.310 e. The van der Waals surface area contributed by atoms with Crippen molar-refractivity contribution < 1.29 is 0 Å². The fourth-order valence-corrected chi connectivity index (χ4v) is 6.29. The Balaban J connectivity index is 1.10. The van der Waals surface area contributed by atoms with E-state index in [1.807, 2.05) is 0 Å². The number of benzene rings is 6. The molecule has 6 rings (SSSR count). The van der Waals surface area contributed by atoms with Crippen LogP contribution in [0.4, 0.5) is 34.1 Å². The van der Waals surface area contributed by atoms with Gasteiger partial charge in [-0.1, -0.05) is 71.8 Å². The van der Waals surface area contributed by atoms with E-state index in [9.17, 15) is 0 Å². The third-order valence-electron chi connectivity index (χ3n) is 9.65. The highest BCUT2D eigenvalue weighted by Crippen LogP contribution is 2.37. The van der Waals surface area contributed by atoms with Gasteiger partial charge in [0.25, 0.3) is 0 Å². The molecule has 0 atom stereocenters. The third kappa shape index (κ3) is 7.72. The van der Waals surface area contributed by atoms with Crippen LogP contribution in [0.15, 0.2) is 133 Å². The van der Waals surface area contributed by atoms with Gasteiger partial charge in [0.2, 0.25) is 0 Å². The Kier molecular flexibility index (Phi) is 10.1. The lowest BCUT2D eigenvalue weighted by atomic mass is 10.0. The SMILES string of the molecule is Cc1ccc(N(c2ccc(CCCCc3ccc(N(c4ccc(C)cc4)c4ccc(C)c(C)c4)cc3)cc2)c2ccc(C)c(C)c2)cc1. The van der Waals surface area contributed by atoms with Crippen LogP contribution in [-0.2, 0) is 12.8 Å². The van der Waals surface area contributed by atoms with E-state index in [-0.39, 0.29) is 0 Å². The monoisotopic (exact) mass is 628 g/mol. The van der Waals surface area contributed by atoms with Gasteiger partial charge in [-0.05, 0) is 173 Å². The van der Waals surface area contributed by atoms with E-state index in [2.05, 4.69) is 185 Å². The van der Waals surface area contributed by atoms with Gasteiger partial charge in [0.15, 0.2) is 0 Å². The van der Waals surface area contributed by atoms with Crippen LogP contribution in [-0.4, -0.2) is 0 Å². The number of hydrogen-bond donors (Lipinski definition) is 0. The highest BCUT2D eigenvalue weighted by atomic mass is 15.1. The summed E-state index contributed by atoms with van der Waals surface area (Å²) >= 11 is 0. The molecule has 48 heavy (non-hydrogen) atoms. The number of aryl methyl sites for hydroxylation is 8. The topological polar surface area (TPSA) is 6.48 Å². The van der Waals surface area contributed by atoms with Gasteiger partial charge in [-0.3, -0.25) is 0 Å². The van der Waals surface area contributed by atoms with E-state index in [1.165, 1.54) is 78.6 Å². The molecule has 0 amide bonds. The molecule has 0 spiro atoms. The van der Waals surface area contributed by atoms with Gasteiger partial charge in [0.1, 0.15) is 0 Å². The van der Waals surface area contributed by atoms with Crippen LogP contribution in [0.1, 0.15) is 57.3 Å². The maximum Gasteiger partial charge on any atom is 0.0464 e. The summed E-state index contributed by atoms with van der Waals surface area (Å²) < 4.78 is 0. The zero-order valence-corrected chi connectivity index (χ0v) is 29.4. The summed E-state index contributed by atoms with van der Waals surface area (Å²) in [5.74, 6) is 0. The predicted octanol–water partition coefficient (Wildman–Crippen LogP) is 13.0. The molecule has 0 N–H and O–H groups in total. The summed E-state index contributed by atoms with van der Waals surface area (Å²) in [6, 6.07) is 49.4. The molecule has 0 aliphatic carbocycles. The first-order valence-electron chi connectivity index (χ1n) is 17.3. The molecule has 0 fully saturated rings. The number of unbranched alkanes of at least 4 members (excludes halogenated alkanes) is 1. The first kappa shape index (κ1) is 32.8. The van der Waals surface area contributed by atoms with Crippen LogP contribution in [0, 0.1) is 41.5 Å². The van der Waals surface area contributed by atoms with E-state index in [4.69, 9.17) is 0 Å². The van der Waals surface area contributed by atoms with Gasteiger partial charge < -0.3 is 9.80 Å². The van der Waals surface area contributed by atoms with E-state index in [0.29, 0.717) is 0 Å². The van der Waals surface area contributed by atoms with Crippen LogP contribution in [0.5, 0.6) is 0 Å². The maximum absolute atomic E-state index is 2.36. The highest BCUT2D eigenvalue weighted by molar-refractivity contribution is 5.78. The van der Waals surface area contributed by atoms with Crippen molar-refractivity contribution in [3.05, 3.63) is 178 Å². The average molecular weight is 629 g/mol. The highest BCUT2D eigenvalue weighted by Gasteiger charge is 2.15. The zero-order chi connectivity index (χ0) is 33.6. The molecule has 242 valence electrons. The molecule has 0 unspecified atom stereocenters. The van der Waals surface area contributed by atoms with E-state index < -0.39 is 0 Å². The molecule has 2 heteroatoms. The lowest BCUT2D eigenvalue weighted by Gasteiger charge is -2.26. The summed E-state index contributed by atoms with van der Waals surface area (Å²) in [6.45, 7) is 13.0. The van der Waals surface area contributed by atoms with Gasteiger partial charge in [-0.25, -0.2) is 0 Å². The minimum absolute atomic E-state index is 1.08. The first-order valence-corrected chi connectivity index (χ1v) is 17.3. The molecule has 0 heterocycles. The van der Waals surface area contributed by atoms with Crippen LogP contribution >= 0.6 is 0 Å². The second kappa shape index (κ2) is 14.8. The first-order chi connectivity index (χ1) is 23.2. The Hall–Kier alpha value is -5.08. The fraction of sp³-hybridized carbons (Fsp3) is 0.217. The van der Waals surface area contributed by atoms with Crippen molar-refractivity contribution in [2.24, 2.45) is 0 Å². The zero-order valence-electron chi connectivity index (χ0n) is 29.4. The van der Waals surface area contributed by atoms with E-state index in [0.717, 1.165) is 25.7 Å². The molecule has 0 aliphatic heterocycles. The molecular weight excluding hydrogens is 581 g/mol. The van der Waals surface area contributed by atoms with Crippen molar-refractivity contribution >= 4 is 34.1 Å². The molecular formula is C46H48N2. The summed E-state index contributed by atoms with van der Waals surface area (Å²) in [5, 5.41) is 0. The van der Waals surface area contributed by atoms with Gasteiger partial charge in [0.05, 0.1) is 0 Å². The van der Waals surface area contributed by atoms with Crippen LogP contribution in [0.2, 0.25) is 0 Å². The van der Waals surface area contributed by atoms with Gasteiger partial charge in [-0.15, -0.1) is 0 Å². The Morgan fingerprint density at radius 2 is 0.604 bits per heavy atom. The lowest BCUT2D eigenvalue weighted by Crippen LogP contribution is -2.10. The van der Waals surface area contributed by atoms with Gasteiger partial charge in [-0.2, -0.15) is 0 Å². The molecule has 2 nitrogen and oxygen atoms in total. The molecule has 6 aromatic carbocycles. The van der Waals surface area contributed by atoms with E-state index >= 15 is 0 Å². The van der Waals surface area contributed by atoms with Crippen LogP contribution in [0.3, 0.4) is 0 Å². The molecule has 0 bridgehead atoms. The van der Waals surface area contributed by atoms with Gasteiger partial charge in [0, 0.05) is 34.1 Å². The summed E-state index contributed by atoms with van der Waals surface area (Å²) in [7, 11) is 0. The number of hydrogen-bond acceptors (Lipinski definition) is 2. The molecule has 0 radical (unpaired) electrons. The number of rotatable bonds is 11. The Morgan fingerprint density at radius 3 is 0.917 bits per heavy atom. The van der Waals surface area contributed by atoms with Crippen molar-refractivity contribution in [2.45, 2.75) is 67.2 Å². The summed E-state index contributed by atoms with van der Waals surface area (Å²) in [6.07, 6.45) is 4.50. The predicted molar refractivity (Wildman–Crippen MR) is 207 cm³/mol. The Morgan fingerprint density at radius 1 is 0.312 bits per heavy atom. The fourth-order valence-electron chi connectivity index (χ4n) is 6.29. The van der Waals surface area contributed by atoms with Crippen LogP contribution in [0.25, 0.3) is 0 Å². The standard InChI is InChI=1S/C46H48N2/c1-33-11-21-41(22-12-33)47(45-25-15-35(3)37(5)31-45)43-27-17-39(18-28-43)9-7-8-10-40-19-29-44(30-20-40)48(42-23-13-34(2)14-24-42)46-26-16-36(4)38(6)32-46/h11-32H,7-10H2,1-6H3. The van der Waals surface area contributed by atoms with Crippen molar-refractivity contribution in [3.8, 4) is 0 Å². The summed E-state index contributed by atoms with van der Waals surface area (Å²) in [5.41, 5.74) is 17.7. The Labute approximate surface area is 288 Å². The smallest absolute Gasteiger partial charge is 0.0464 e. The molecule has 0 aromatic heterocycles. The lowest BCUT2D eigenvalue weighted by molar-refractivity contribution is 0.734. The van der Waals surface area contributed by atoms with Crippen molar-refractivity contribution in [1.29, 1.82) is 0 Å². The van der Waals surface area contributed by atoms with E-state index in [1.54, 1.807) is 0 Å². The molecule has 0 saturated heterocycles. The number of anilines is 6. The Bertz CT molecular complexity index is 1800. The largest absolute Gasteiger partial charge is 0.310 e. The average Bonchev–Trinajstić information content (AvgIpc) is 3.09. The molecule has 0 saturated carbocycles. The quantitative estimate of drug-likeness (QED) is 0.132. The summed E-state index contributed by atoms with van der Waals surface area (Å²) in [4.78, 5) is 4.72. The van der Waals surface area contributed by atoms with Crippen LogP contribution < -0.4 is 9.80 Å². The third-order valence-corrected chi connectivity index (χ3v) is 9.65. The van der Waals surface area contributed by atoms with Crippen molar-refractivity contribution in [2.75, 3.05) is 9.80 Å². The molecule has 0 aliphatic rings. The normalized spacial score (nSPS) is 11.0. The van der Waals surface area contributed by atoms with Gasteiger partial charge >= 0.3 is 0 Å². The van der Waals surface area contributed by atoms with Crippen molar-refractivity contribution in [1.82, 2.24) is 0 Å².